The van der Waals surface area contributed by atoms with Crippen molar-refractivity contribution >= 4 is 17.7 Å². The van der Waals surface area contributed by atoms with E-state index < -0.39 is 11.0 Å². The van der Waals surface area contributed by atoms with Gasteiger partial charge in [0.1, 0.15) is 5.75 Å². The third-order valence-corrected chi connectivity index (χ3v) is 5.97. The average Bonchev–Trinajstić information content (AvgIpc) is 2.79. The van der Waals surface area contributed by atoms with Gasteiger partial charge in [-0.1, -0.05) is 31.2 Å². The van der Waals surface area contributed by atoms with Crippen LogP contribution in [0, 0.1) is 16.0 Å². The summed E-state index contributed by atoms with van der Waals surface area (Å²) in [4.78, 5) is 37.0. The summed E-state index contributed by atoms with van der Waals surface area (Å²) < 4.78 is 10.4. The maximum Gasteiger partial charge on any atom is 0.415 e. The molecule has 1 aliphatic heterocycles. The third kappa shape index (κ3) is 5.84. The quantitative estimate of drug-likeness (QED) is 0.379. The standard InChI is InChI=1S/C24H28N2O6/c1-3-17-4-6-18(7-5-17)19-12-14-25(15-13-20(16-19)23(27)31-2)24(28)32-22-10-8-21(9-11-22)26(29)30/h4-11,19-20H,3,12-16H2,1-2H3. The number of ether oxygens (including phenoxy) is 2. The number of methoxy groups -OCH3 is 1. The summed E-state index contributed by atoms with van der Waals surface area (Å²) in [6.07, 6.45) is 2.26. The van der Waals surface area contributed by atoms with Crippen molar-refractivity contribution in [2.24, 2.45) is 5.92 Å². The molecule has 0 radical (unpaired) electrons. The van der Waals surface area contributed by atoms with E-state index in [0.717, 1.165) is 12.0 Å². The molecule has 0 aromatic heterocycles. The Morgan fingerprint density at radius 3 is 2.31 bits per heavy atom. The third-order valence-electron chi connectivity index (χ3n) is 5.97. The number of amides is 1. The van der Waals surface area contributed by atoms with Crippen molar-refractivity contribution in [3.05, 3.63) is 69.8 Å². The minimum absolute atomic E-state index is 0.0751. The maximum absolute atomic E-state index is 12.8. The molecule has 0 aliphatic carbocycles. The number of nitro groups is 1. The molecule has 170 valence electrons. The molecule has 0 N–H and O–H groups in total. The van der Waals surface area contributed by atoms with Gasteiger partial charge in [-0.3, -0.25) is 14.9 Å². The van der Waals surface area contributed by atoms with Crippen LogP contribution < -0.4 is 4.74 Å². The van der Waals surface area contributed by atoms with Crippen LogP contribution in [0.2, 0.25) is 0 Å². The maximum atomic E-state index is 12.8. The highest BCUT2D eigenvalue weighted by atomic mass is 16.6. The van der Waals surface area contributed by atoms with Crippen molar-refractivity contribution in [2.45, 2.75) is 38.5 Å². The Balaban J connectivity index is 1.73. The summed E-state index contributed by atoms with van der Waals surface area (Å²) in [6, 6.07) is 13.8. The predicted molar refractivity (Wildman–Crippen MR) is 119 cm³/mol. The highest BCUT2D eigenvalue weighted by Gasteiger charge is 2.30. The Kier molecular flexibility index (Phi) is 7.81. The predicted octanol–water partition coefficient (Wildman–Crippen LogP) is 4.71. The number of carbonyl (C=O) groups excluding carboxylic acids is 2. The van der Waals surface area contributed by atoms with Gasteiger partial charge in [0.2, 0.25) is 0 Å². The normalized spacial score (nSPS) is 18.9. The zero-order valence-electron chi connectivity index (χ0n) is 18.4. The van der Waals surface area contributed by atoms with Gasteiger partial charge in [0, 0.05) is 25.2 Å². The molecule has 1 amide bonds. The summed E-state index contributed by atoms with van der Waals surface area (Å²) >= 11 is 0. The molecule has 0 saturated carbocycles. The number of likely N-dealkylation sites (tertiary alicyclic amines) is 1. The Hall–Kier alpha value is -3.42. The average molecular weight is 440 g/mol. The second-order valence-corrected chi connectivity index (χ2v) is 7.93. The van der Waals surface area contributed by atoms with E-state index >= 15 is 0 Å². The molecular formula is C24H28N2O6. The summed E-state index contributed by atoms with van der Waals surface area (Å²) in [5.41, 5.74) is 2.31. The van der Waals surface area contributed by atoms with Crippen molar-refractivity contribution < 1.29 is 24.0 Å². The number of esters is 1. The fourth-order valence-corrected chi connectivity index (χ4v) is 4.01. The molecule has 1 aliphatic rings. The lowest BCUT2D eigenvalue weighted by atomic mass is 9.83. The van der Waals surface area contributed by atoms with E-state index in [0.29, 0.717) is 32.4 Å². The molecule has 8 nitrogen and oxygen atoms in total. The van der Waals surface area contributed by atoms with Crippen LogP contribution in [0.4, 0.5) is 10.5 Å². The number of benzene rings is 2. The van der Waals surface area contributed by atoms with E-state index in [2.05, 4.69) is 31.2 Å². The van der Waals surface area contributed by atoms with Crippen LogP contribution in [-0.4, -0.2) is 42.1 Å². The molecule has 0 bridgehead atoms. The molecule has 0 spiro atoms. The molecule has 2 atom stereocenters. The topological polar surface area (TPSA) is 99.0 Å². The number of non-ortho nitro benzene ring substituents is 1. The van der Waals surface area contributed by atoms with Gasteiger partial charge in [-0.25, -0.2) is 4.79 Å². The van der Waals surface area contributed by atoms with Crippen molar-refractivity contribution in [3.8, 4) is 5.75 Å². The van der Waals surface area contributed by atoms with E-state index in [9.17, 15) is 19.7 Å². The summed E-state index contributed by atoms with van der Waals surface area (Å²) in [6.45, 7) is 2.96. The van der Waals surface area contributed by atoms with Crippen molar-refractivity contribution in [3.63, 3.8) is 0 Å². The van der Waals surface area contributed by atoms with Gasteiger partial charge < -0.3 is 14.4 Å². The Morgan fingerprint density at radius 1 is 1.06 bits per heavy atom. The molecule has 32 heavy (non-hydrogen) atoms. The lowest BCUT2D eigenvalue weighted by molar-refractivity contribution is -0.384. The van der Waals surface area contributed by atoms with Gasteiger partial charge in [0.25, 0.3) is 5.69 Å². The van der Waals surface area contributed by atoms with E-state index in [1.165, 1.54) is 36.9 Å². The molecular weight excluding hydrogens is 412 g/mol. The number of hydrogen-bond acceptors (Lipinski definition) is 6. The molecule has 2 unspecified atom stereocenters. The van der Waals surface area contributed by atoms with Gasteiger partial charge in [-0.2, -0.15) is 0 Å². The zero-order valence-corrected chi connectivity index (χ0v) is 18.4. The van der Waals surface area contributed by atoms with Gasteiger partial charge in [0.15, 0.2) is 0 Å². The van der Waals surface area contributed by atoms with Crippen LogP contribution in [0.5, 0.6) is 5.75 Å². The summed E-state index contributed by atoms with van der Waals surface area (Å²) in [5.74, 6) is -0.240. The first kappa shape index (κ1) is 23.2. The summed E-state index contributed by atoms with van der Waals surface area (Å²) in [7, 11) is 1.38. The number of aryl methyl sites for hydroxylation is 1. The lowest BCUT2D eigenvalue weighted by Gasteiger charge is -2.31. The number of nitro benzene ring substituents is 1. The second-order valence-electron chi connectivity index (χ2n) is 7.93. The van der Waals surface area contributed by atoms with Gasteiger partial charge >= 0.3 is 12.1 Å². The van der Waals surface area contributed by atoms with Gasteiger partial charge in [-0.15, -0.1) is 0 Å². The number of nitrogens with zero attached hydrogens (tertiary/aromatic N) is 2. The first-order valence-electron chi connectivity index (χ1n) is 10.8. The van der Waals surface area contributed by atoms with E-state index in [1.807, 2.05) is 0 Å². The Morgan fingerprint density at radius 2 is 1.72 bits per heavy atom. The van der Waals surface area contributed by atoms with Crippen LogP contribution in [0.15, 0.2) is 48.5 Å². The molecule has 2 aromatic carbocycles. The molecule has 3 rings (SSSR count). The van der Waals surface area contributed by atoms with E-state index in [4.69, 9.17) is 9.47 Å². The first-order chi connectivity index (χ1) is 15.4. The number of carbonyl (C=O) groups is 2. The van der Waals surface area contributed by atoms with Gasteiger partial charge in [-0.05, 0) is 54.9 Å². The van der Waals surface area contributed by atoms with Crippen LogP contribution >= 0.6 is 0 Å². The molecule has 8 heteroatoms. The molecule has 1 heterocycles. The highest BCUT2D eigenvalue weighted by Crippen LogP contribution is 2.32. The monoisotopic (exact) mass is 440 g/mol. The van der Waals surface area contributed by atoms with Crippen LogP contribution in [0.3, 0.4) is 0 Å². The molecule has 1 saturated heterocycles. The fourth-order valence-electron chi connectivity index (χ4n) is 4.01. The van der Waals surface area contributed by atoms with Gasteiger partial charge in [0.05, 0.1) is 18.0 Å². The van der Waals surface area contributed by atoms with E-state index in [1.54, 1.807) is 4.90 Å². The largest absolute Gasteiger partial charge is 0.469 e. The molecule has 1 fully saturated rings. The van der Waals surface area contributed by atoms with E-state index in [-0.39, 0.29) is 29.2 Å². The zero-order chi connectivity index (χ0) is 23.1. The lowest BCUT2D eigenvalue weighted by Crippen LogP contribution is -2.39. The minimum Gasteiger partial charge on any atom is -0.469 e. The SMILES string of the molecule is CCc1ccc(C2CCN(C(=O)Oc3ccc([N+](=O)[O-])cc3)CCC(C(=O)OC)C2)cc1. The fraction of sp³-hybridized carbons (Fsp3) is 0.417. The van der Waals surface area contributed by atoms with Crippen molar-refractivity contribution in [1.82, 2.24) is 4.90 Å². The van der Waals surface area contributed by atoms with Crippen molar-refractivity contribution in [2.75, 3.05) is 20.2 Å². The minimum atomic E-state index is -0.538. The highest BCUT2D eigenvalue weighted by molar-refractivity contribution is 5.73. The van der Waals surface area contributed by atoms with Crippen LogP contribution in [-0.2, 0) is 16.0 Å². The van der Waals surface area contributed by atoms with Crippen LogP contribution in [0.25, 0.3) is 0 Å². The Bertz CT molecular complexity index is 942. The second kappa shape index (κ2) is 10.7. The van der Waals surface area contributed by atoms with Crippen LogP contribution in [0.1, 0.15) is 43.2 Å². The number of hydrogen-bond donors (Lipinski definition) is 0. The Labute approximate surface area is 187 Å². The first-order valence-corrected chi connectivity index (χ1v) is 10.8. The smallest absolute Gasteiger partial charge is 0.415 e. The number of rotatable bonds is 5. The molecule has 2 aromatic rings. The van der Waals surface area contributed by atoms with Crippen molar-refractivity contribution in [1.29, 1.82) is 0 Å². The summed E-state index contributed by atoms with van der Waals surface area (Å²) in [5, 5.41) is 10.8.